The Balaban J connectivity index is 1.87. The van der Waals surface area contributed by atoms with E-state index < -0.39 is 5.97 Å². The molecule has 0 fully saturated rings. The van der Waals surface area contributed by atoms with Crippen molar-refractivity contribution >= 4 is 11.8 Å². The Hall–Kier alpha value is -2.43. The van der Waals surface area contributed by atoms with Gasteiger partial charge >= 0.3 is 5.97 Å². The molecule has 1 aromatic carbocycles. The lowest BCUT2D eigenvalue weighted by atomic mass is 10.1. The first-order chi connectivity index (χ1) is 9.15. The number of benzene rings is 1. The topological polar surface area (TPSA) is 75.1 Å². The fourth-order valence-corrected chi connectivity index (χ4v) is 1.73. The second kappa shape index (κ2) is 5.95. The molecule has 0 saturated carbocycles. The Labute approximate surface area is 111 Å². The molecule has 0 saturated heterocycles. The molecule has 1 heterocycles. The van der Waals surface area contributed by atoms with E-state index in [0.29, 0.717) is 5.82 Å². The molecule has 5 heteroatoms. The molecule has 0 aliphatic carbocycles. The van der Waals surface area contributed by atoms with Crippen molar-refractivity contribution in [2.45, 2.75) is 13.3 Å². The van der Waals surface area contributed by atoms with Crippen molar-refractivity contribution in [3.63, 3.8) is 0 Å². The lowest BCUT2D eigenvalue weighted by Gasteiger charge is -2.06. The number of carboxylic acid groups (broad SMARTS) is 1. The van der Waals surface area contributed by atoms with E-state index >= 15 is 0 Å². The van der Waals surface area contributed by atoms with Crippen LogP contribution in [0.5, 0.6) is 0 Å². The summed E-state index contributed by atoms with van der Waals surface area (Å²) in [6, 6.07) is 8.31. The number of nitrogens with one attached hydrogen (secondary N) is 1. The van der Waals surface area contributed by atoms with E-state index in [9.17, 15) is 4.79 Å². The molecule has 2 N–H and O–H groups in total. The summed E-state index contributed by atoms with van der Waals surface area (Å²) in [6.45, 7) is 2.79. The van der Waals surface area contributed by atoms with Gasteiger partial charge in [-0.3, -0.25) is 0 Å². The minimum Gasteiger partial charge on any atom is -0.476 e. The maximum absolute atomic E-state index is 10.6. The van der Waals surface area contributed by atoms with E-state index in [1.54, 1.807) is 0 Å². The van der Waals surface area contributed by atoms with Crippen molar-refractivity contribution in [3.05, 3.63) is 53.5 Å². The monoisotopic (exact) mass is 257 g/mol. The van der Waals surface area contributed by atoms with Crippen LogP contribution >= 0.6 is 0 Å². The summed E-state index contributed by atoms with van der Waals surface area (Å²) in [5.41, 5.74) is 2.44. The van der Waals surface area contributed by atoms with Gasteiger partial charge in [0, 0.05) is 6.54 Å². The van der Waals surface area contributed by atoms with E-state index in [1.807, 2.05) is 6.07 Å². The van der Waals surface area contributed by atoms with E-state index in [0.717, 1.165) is 13.0 Å². The highest BCUT2D eigenvalue weighted by atomic mass is 16.4. The SMILES string of the molecule is Cc1cccc(CCNc2cnc(C(=O)O)cn2)c1. The first-order valence-corrected chi connectivity index (χ1v) is 6.00. The number of rotatable bonds is 5. The molecule has 19 heavy (non-hydrogen) atoms. The number of carboxylic acids is 1. The second-order valence-corrected chi connectivity index (χ2v) is 4.26. The molecule has 0 bridgehead atoms. The smallest absolute Gasteiger partial charge is 0.356 e. The highest BCUT2D eigenvalue weighted by Gasteiger charge is 2.04. The van der Waals surface area contributed by atoms with Gasteiger partial charge in [0.1, 0.15) is 5.82 Å². The molecule has 2 rings (SSSR count). The number of aryl methyl sites for hydroxylation is 1. The van der Waals surface area contributed by atoms with Crippen molar-refractivity contribution < 1.29 is 9.90 Å². The molecule has 0 aliphatic heterocycles. The molecule has 1 aromatic heterocycles. The minimum atomic E-state index is -1.07. The number of nitrogens with zero attached hydrogens (tertiary/aromatic N) is 2. The summed E-state index contributed by atoms with van der Waals surface area (Å²) in [6.07, 6.45) is 3.56. The van der Waals surface area contributed by atoms with Gasteiger partial charge in [0.25, 0.3) is 0 Å². The second-order valence-electron chi connectivity index (χ2n) is 4.26. The third-order valence-electron chi connectivity index (χ3n) is 2.67. The third kappa shape index (κ3) is 3.77. The van der Waals surface area contributed by atoms with Crippen molar-refractivity contribution in [2.75, 3.05) is 11.9 Å². The number of aromatic nitrogens is 2. The predicted octanol–water partition coefficient (Wildman–Crippen LogP) is 2.14. The molecule has 2 aromatic rings. The normalized spacial score (nSPS) is 10.2. The van der Waals surface area contributed by atoms with Gasteiger partial charge in [0.15, 0.2) is 5.69 Å². The quantitative estimate of drug-likeness (QED) is 0.858. The summed E-state index contributed by atoms with van der Waals surface area (Å²) in [5, 5.41) is 11.8. The summed E-state index contributed by atoms with van der Waals surface area (Å²) in [4.78, 5) is 18.4. The van der Waals surface area contributed by atoms with Gasteiger partial charge in [0.2, 0.25) is 0 Å². The number of hydrogen-bond donors (Lipinski definition) is 2. The van der Waals surface area contributed by atoms with E-state index in [4.69, 9.17) is 5.11 Å². The van der Waals surface area contributed by atoms with Gasteiger partial charge in [-0.1, -0.05) is 29.8 Å². The predicted molar refractivity (Wildman–Crippen MR) is 72.4 cm³/mol. The van der Waals surface area contributed by atoms with Crippen molar-refractivity contribution in [2.24, 2.45) is 0 Å². The van der Waals surface area contributed by atoms with Crippen LogP contribution in [0.1, 0.15) is 21.6 Å². The standard InChI is InChI=1S/C14H15N3O2/c1-10-3-2-4-11(7-10)5-6-15-13-9-16-12(8-17-13)14(18)19/h2-4,7-9H,5-6H2,1H3,(H,15,17)(H,18,19). The maximum Gasteiger partial charge on any atom is 0.356 e. The van der Waals surface area contributed by atoms with Crippen LogP contribution in [0.4, 0.5) is 5.82 Å². The van der Waals surface area contributed by atoms with Gasteiger partial charge < -0.3 is 10.4 Å². The largest absolute Gasteiger partial charge is 0.476 e. The van der Waals surface area contributed by atoms with E-state index in [2.05, 4.69) is 40.4 Å². The Bertz CT molecular complexity index is 567. The van der Waals surface area contributed by atoms with Crippen LogP contribution in [0.25, 0.3) is 0 Å². The summed E-state index contributed by atoms with van der Waals surface area (Å²) >= 11 is 0. The number of aromatic carboxylic acids is 1. The molecule has 0 unspecified atom stereocenters. The van der Waals surface area contributed by atoms with Crippen molar-refractivity contribution in [1.29, 1.82) is 0 Å². The fraction of sp³-hybridized carbons (Fsp3) is 0.214. The number of hydrogen-bond acceptors (Lipinski definition) is 4. The van der Waals surface area contributed by atoms with Crippen molar-refractivity contribution in [3.8, 4) is 0 Å². The van der Waals surface area contributed by atoms with Crippen LogP contribution in [-0.4, -0.2) is 27.6 Å². The minimum absolute atomic E-state index is 0.0516. The average molecular weight is 257 g/mol. The highest BCUT2D eigenvalue weighted by molar-refractivity contribution is 5.84. The van der Waals surface area contributed by atoms with Gasteiger partial charge in [-0.05, 0) is 18.9 Å². The molecule has 0 atom stereocenters. The first kappa shape index (κ1) is 13.0. The zero-order valence-electron chi connectivity index (χ0n) is 10.6. The molecular weight excluding hydrogens is 242 g/mol. The molecule has 5 nitrogen and oxygen atoms in total. The van der Waals surface area contributed by atoms with Gasteiger partial charge in [-0.2, -0.15) is 0 Å². The fourth-order valence-electron chi connectivity index (χ4n) is 1.73. The lowest BCUT2D eigenvalue weighted by molar-refractivity contribution is 0.0690. The highest BCUT2D eigenvalue weighted by Crippen LogP contribution is 2.06. The Morgan fingerprint density at radius 1 is 1.32 bits per heavy atom. The molecule has 0 aliphatic rings. The molecular formula is C14H15N3O2. The molecule has 0 amide bonds. The van der Waals surface area contributed by atoms with Crippen molar-refractivity contribution in [1.82, 2.24) is 9.97 Å². The zero-order valence-corrected chi connectivity index (χ0v) is 10.6. The summed E-state index contributed by atoms with van der Waals surface area (Å²) < 4.78 is 0. The maximum atomic E-state index is 10.6. The summed E-state index contributed by atoms with van der Waals surface area (Å²) in [7, 11) is 0. The van der Waals surface area contributed by atoms with E-state index in [1.165, 1.54) is 23.5 Å². The molecule has 98 valence electrons. The Morgan fingerprint density at radius 2 is 2.16 bits per heavy atom. The van der Waals surface area contributed by atoms with Crippen LogP contribution in [0.3, 0.4) is 0 Å². The number of carbonyl (C=O) groups is 1. The zero-order chi connectivity index (χ0) is 13.7. The Kier molecular flexibility index (Phi) is 4.07. The van der Waals surface area contributed by atoms with Gasteiger partial charge in [-0.25, -0.2) is 14.8 Å². The number of anilines is 1. The van der Waals surface area contributed by atoms with Gasteiger partial charge in [0.05, 0.1) is 12.4 Å². The van der Waals surface area contributed by atoms with Crippen LogP contribution in [-0.2, 0) is 6.42 Å². The Morgan fingerprint density at radius 3 is 2.79 bits per heavy atom. The lowest BCUT2D eigenvalue weighted by Crippen LogP contribution is -2.08. The first-order valence-electron chi connectivity index (χ1n) is 6.00. The van der Waals surface area contributed by atoms with Crippen LogP contribution in [0, 0.1) is 6.92 Å². The molecule has 0 radical (unpaired) electrons. The van der Waals surface area contributed by atoms with Crippen LogP contribution in [0.2, 0.25) is 0 Å². The third-order valence-corrected chi connectivity index (χ3v) is 2.67. The average Bonchev–Trinajstić information content (AvgIpc) is 2.39. The summed E-state index contributed by atoms with van der Waals surface area (Å²) in [5.74, 6) is -0.489. The van der Waals surface area contributed by atoms with Crippen LogP contribution in [0.15, 0.2) is 36.7 Å². The van der Waals surface area contributed by atoms with Gasteiger partial charge in [-0.15, -0.1) is 0 Å². The molecule has 0 spiro atoms. The van der Waals surface area contributed by atoms with E-state index in [-0.39, 0.29) is 5.69 Å². The van der Waals surface area contributed by atoms with Crippen LogP contribution < -0.4 is 5.32 Å².